The lowest BCUT2D eigenvalue weighted by Gasteiger charge is -2.14. The maximum Gasteiger partial charge on any atom is 0.271 e. The number of hydrogen-bond donors (Lipinski definition) is 1. The second-order valence-electron chi connectivity index (χ2n) is 5.16. The number of amides is 1. The van der Waals surface area contributed by atoms with Crippen LogP contribution in [-0.4, -0.2) is 20.3 Å². The average Bonchev–Trinajstić information content (AvgIpc) is 3.13. The van der Waals surface area contributed by atoms with Crippen molar-refractivity contribution in [2.75, 3.05) is 0 Å². The Morgan fingerprint density at radius 2 is 2.22 bits per heavy atom. The number of carbonyl (C=O) groups excluding carboxylic acids is 1. The van der Waals surface area contributed by atoms with Crippen molar-refractivity contribution in [3.63, 3.8) is 0 Å². The van der Waals surface area contributed by atoms with Gasteiger partial charge < -0.3 is 5.32 Å². The number of nitrogens with one attached hydrogen (secondary N) is 1. The van der Waals surface area contributed by atoms with Crippen molar-refractivity contribution in [3.8, 4) is 0 Å². The van der Waals surface area contributed by atoms with E-state index in [0.717, 1.165) is 15.6 Å². The SMILES string of the molecule is CCC(NC(=O)c1cnc2sccn2c1=O)c1nc(C)c(C)s1. The van der Waals surface area contributed by atoms with Gasteiger partial charge in [-0.05, 0) is 20.3 Å². The van der Waals surface area contributed by atoms with Gasteiger partial charge in [-0.25, -0.2) is 9.97 Å². The molecule has 0 saturated heterocycles. The molecule has 23 heavy (non-hydrogen) atoms. The van der Waals surface area contributed by atoms with E-state index in [2.05, 4.69) is 15.3 Å². The molecule has 0 spiro atoms. The Kier molecular flexibility index (Phi) is 4.27. The van der Waals surface area contributed by atoms with Crippen molar-refractivity contribution in [2.45, 2.75) is 33.2 Å². The molecule has 1 N–H and O–H groups in total. The second kappa shape index (κ2) is 6.21. The molecule has 0 fully saturated rings. The zero-order valence-corrected chi connectivity index (χ0v) is 14.6. The molecule has 3 aromatic heterocycles. The normalized spacial score (nSPS) is 12.5. The zero-order chi connectivity index (χ0) is 16.6. The van der Waals surface area contributed by atoms with E-state index in [0.29, 0.717) is 11.4 Å². The van der Waals surface area contributed by atoms with E-state index in [1.165, 1.54) is 21.9 Å². The largest absolute Gasteiger partial charge is 0.343 e. The summed E-state index contributed by atoms with van der Waals surface area (Å²) in [4.78, 5) is 35.2. The van der Waals surface area contributed by atoms with E-state index in [1.54, 1.807) is 22.9 Å². The lowest BCUT2D eigenvalue weighted by atomic mass is 10.2. The van der Waals surface area contributed by atoms with Crippen molar-refractivity contribution in [3.05, 3.63) is 49.3 Å². The number of aromatic nitrogens is 3. The van der Waals surface area contributed by atoms with Gasteiger partial charge in [-0.1, -0.05) is 6.92 Å². The topological polar surface area (TPSA) is 76.4 Å². The van der Waals surface area contributed by atoms with Crippen LogP contribution in [0.2, 0.25) is 0 Å². The molecule has 0 aliphatic carbocycles. The highest BCUT2D eigenvalue weighted by Crippen LogP contribution is 2.25. The van der Waals surface area contributed by atoms with Crippen LogP contribution in [0.15, 0.2) is 22.6 Å². The monoisotopic (exact) mass is 348 g/mol. The molecule has 0 aliphatic heterocycles. The quantitative estimate of drug-likeness (QED) is 0.786. The van der Waals surface area contributed by atoms with Crippen LogP contribution in [0, 0.1) is 13.8 Å². The van der Waals surface area contributed by atoms with Crippen LogP contribution in [-0.2, 0) is 0 Å². The summed E-state index contributed by atoms with van der Waals surface area (Å²) < 4.78 is 1.39. The van der Waals surface area contributed by atoms with E-state index in [9.17, 15) is 9.59 Å². The van der Waals surface area contributed by atoms with Gasteiger partial charge in [0.05, 0.1) is 11.7 Å². The maximum absolute atomic E-state index is 12.5. The van der Waals surface area contributed by atoms with Crippen molar-refractivity contribution >= 4 is 33.5 Å². The second-order valence-corrected chi connectivity index (χ2v) is 7.27. The minimum Gasteiger partial charge on any atom is -0.343 e. The summed E-state index contributed by atoms with van der Waals surface area (Å²) in [7, 11) is 0. The number of thiazole rings is 2. The maximum atomic E-state index is 12.5. The molecule has 0 aromatic carbocycles. The van der Waals surface area contributed by atoms with Crippen LogP contribution in [0.1, 0.15) is 45.3 Å². The predicted molar refractivity (Wildman–Crippen MR) is 91.4 cm³/mol. The molecule has 8 heteroatoms. The molecule has 0 bridgehead atoms. The van der Waals surface area contributed by atoms with Crippen molar-refractivity contribution in [2.24, 2.45) is 0 Å². The third-order valence-corrected chi connectivity index (χ3v) is 5.60. The number of aryl methyl sites for hydroxylation is 2. The highest BCUT2D eigenvalue weighted by atomic mass is 32.1. The molecule has 0 radical (unpaired) electrons. The number of fused-ring (bicyclic) bond motifs is 1. The van der Waals surface area contributed by atoms with Gasteiger partial charge in [0.2, 0.25) is 0 Å². The Labute approximate surface area is 140 Å². The first kappa shape index (κ1) is 15.8. The first-order valence-corrected chi connectivity index (χ1v) is 8.90. The van der Waals surface area contributed by atoms with Gasteiger partial charge in [0, 0.05) is 22.7 Å². The number of carbonyl (C=O) groups is 1. The molecule has 3 aromatic rings. The molecule has 0 saturated carbocycles. The van der Waals surface area contributed by atoms with Crippen molar-refractivity contribution in [1.29, 1.82) is 0 Å². The fourth-order valence-electron chi connectivity index (χ4n) is 2.20. The minimum atomic E-state index is -0.416. The molecule has 3 heterocycles. The number of hydrogen-bond acceptors (Lipinski definition) is 6. The van der Waals surface area contributed by atoms with Gasteiger partial charge in [0.25, 0.3) is 11.5 Å². The Balaban J connectivity index is 1.89. The summed E-state index contributed by atoms with van der Waals surface area (Å²) in [6.45, 7) is 5.93. The molecule has 1 unspecified atom stereocenters. The van der Waals surface area contributed by atoms with E-state index in [1.807, 2.05) is 20.8 Å². The highest BCUT2D eigenvalue weighted by Gasteiger charge is 2.20. The van der Waals surface area contributed by atoms with Gasteiger partial charge in [-0.3, -0.25) is 14.0 Å². The molecule has 1 amide bonds. The van der Waals surface area contributed by atoms with Crippen LogP contribution >= 0.6 is 22.7 Å². The van der Waals surface area contributed by atoms with E-state index in [-0.39, 0.29) is 17.2 Å². The lowest BCUT2D eigenvalue weighted by Crippen LogP contribution is -2.33. The smallest absolute Gasteiger partial charge is 0.271 e. The molecule has 120 valence electrons. The predicted octanol–water partition coefficient (Wildman–Crippen LogP) is 2.71. The standard InChI is InChI=1S/C15H16N4O2S2/c1-4-11(13-17-8(2)9(3)23-13)18-12(20)10-7-16-15-19(14(10)21)5-6-22-15/h5-7,11H,4H2,1-3H3,(H,18,20). The van der Waals surface area contributed by atoms with E-state index in [4.69, 9.17) is 0 Å². The summed E-state index contributed by atoms with van der Waals surface area (Å²) in [6, 6.07) is -0.206. The summed E-state index contributed by atoms with van der Waals surface area (Å²) in [6.07, 6.45) is 3.67. The van der Waals surface area contributed by atoms with Gasteiger partial charge in [-0.15, -0.1) is 22.7 Å². The summed E-state index contributed by atoms with van der Waals surface area (Å²) in [5.41, 5.74) is 0.665. The van der Waals surface area contributed by atoms with E-state index < -0.39 is 5.91 Å². The van der Waals surface area contributed by atoms with Crippen LogP contribution in [0.4, 0.5) is 0 Å². The molecular weight excluding hydrogens is 332 g/mol. The fourth-order valence-corrected chi connectivity index (χ4v) is 3.93. The summed E-state index contributed by atoms with van der Waals surface area (Å²) in [5, 5.41) is 5.52. The summed E-state index contributed by atoms with van der Waals surface area (Å²) >= 11 is 2.92. The van der Waals surface area contributed by atoms with Crippen molar-refractivity contribution in [1.82, 2.24) is 19.7 Å². The third kappa shape index (κ3) is 2.91. The number of nitrogens with zero attached hydrogens (tertiary/aromatic N) is 3. The Hall–Kier alpha value is -2.06. The highest BCUT2D eigenvalue weighted by molar-refractivity contribution is 7.15. The molecule has 0 aliphatic rings. The van der Waals surface area contributed by atoms with Crippen LogP contribution < -0.4 is 10.9 Å². The molecule has 6 nitrogen and oxygen atoms in total. The summed E-state index contributed by atoms with van der Waals surface area (Å²) in [5.74, 6) is -0.416. The molecule has 3 rings (SSSR count). The van der Waals surface area contributed by atoms with E-state index >= 15 is 0 Å². The Bertz CT molecular complexity index is 906. The van der Waals surface area contributed by atoms with Crippen LogP contribution in [0.25, 0.3) is 4.96 Å². The zero-order valence-electron chi connectivity index (χ0n) is 13.0. The number of rotatable bonds is 4. The fraction of sp³-hybridized carbons (Fsp3) is 0.333. The lowest BCUT2D eigenvalue weighted by molar-refractivity contribution is 0.0933. The average molecular weight is 348 g/mol. The van der Waals surface area contributed by atoms with Gasteiger partial charge in [-0.2, -0.15) is 0 Å². The Morgan fingerprint density at radius 1 is 1.43 bits per heavy atom. The first-order valence-electron chi connectivity index (χ1n) is 7.21. The van der Waals surface area contributed by atoms with Gasteiger partial charge >= 0.3 is 0 Å². The first-order chi connectivity index (χ1) is 11.0. The van der Waals surface area contributed by atoms with Gasteiger partial charge in [0.15, 0.2) is 4.96 Å². The van der Waals surface area contributed by atoms with Gasteiger partial charge in [0.1, 0.15) is 10.6 Å². The molecule has 1 atom stereocenters. The molecular formula is C15H16N4O2S2. The van der Waals surface area contributed by atoms with Crippen LogP contribution in [0.5, 0.6) is 0 Å². The minimum absolute atomic E-state index is 0.0457. The van der Waals surface area contributed by atoms with Crippen LogP contribution in [0.3, 0.4) is 0 Å². The van der Waals surface area contributed by atoms with Crippen molar-refractivity contribution < 1.29 is 4.79 Å². The Morgan fingerprint density at radius 3 is 2.87 bits per heavy atom. The third-order valence-electron chi connectivity index (χ3n) is 3.64.